The van der Waals surface area contributed by atoms with Gasteiger partial charge in [0, 0.05) is 13.1 Å². The van der Waals surface area contributed by atoms with Crippen LogP contribution >= 0.6 is 0 Å². The Morgan fingerprint density at radius 3 is 2.39 bits per heavy atom. The minimum Gasteiger partial charge on any atom is -0.496 e. The van der Waals surface area contributed by atoms with E-state index in [9.17, 15) is 18.0 Å². The van der Waals surface area contributed by atoms with E-state index in [1.165, 1.54) is 35.9 Å². The molecule has 0 atom stereocenters. The minimum absolute atomic E-state index is 0.0276. The number of carbonyl (C=O) groups is 2. The zero-order valence-corrected chi connectivity index (χ0v) is 20.8. The maximum Gasteiger partial charge on any atom is 0.259 e. The van der Waals surface area contributed by atoms with Crippen LogP contribution in [-0.4, -0.2) is 44.7 Å². The Morgan fingerprint density at radius 2 is 1.69 bits per heavy atom. The molecule has 3 aromatic rings. The Morgan fingerprint density at radius 1 is 0.944 bits per heavy atom. The van der Waals surface area contributed by atoms with Crippen LogP contribution in [-0.2, 0) is 16.6 Å². The quantitative estimate of drug-likeness (QED) is 0.471. The second-order valence-electron chi connectivity index (χ2n) is 8.44. The van der Waals surface area contributed by atoms with E-state index in [0.29, 0.717) is 18.8 Å². The predicted octanol–water partition coefficient (Wildman–Crippen LogP) is 4.04. The normalized spacial score (nSPS) is 14.6. The molecule has 2 heterocycles. The number of benzene rings is 2. The van der Waals surface area contributed by atoms with Crippen molar-refractivity contribution in [3.05, 3.63) is 77.7 Å². The van der Waals surface area contributed by atoms with Crippen molar-refractivity contribution in [3.63, 3.8) is 0 Å². The number of sulfonamides is 1. The van der Waals surface area contributed by atoms with Crippen LogP contribution in [0.15, 0.2) is 70.2 Å². The van der Waals surface area contributed by atoms with E-state index in [2.05, 4.69) is 10.6 Å². The fourth-order valence-electron chi connectivity index (χ4n) is 4.11. The third-order valence-electron chi connectivity index (χ3n) is 6.04. The van der Waals surface area contributed by atoms with Crippen LogP contribution in [0, 0.1) is 0 Å². The molecule has 9 nitrogen and oxygen atoms in total. The van der Waals surface area contributed by atoms with Crippen LogP contribution in [0.2, 0.25) is 0 Å². The topological polar surface area (TPSA) is 118 Å². The third-order valence-corrected chi connectivity index (χ3v) is 7.94. The van der Waals surface area contributed by atoms with Gasteiger partial charge in [-0.25, -0.2) is 8.42 Å². The van der Waals surface area contributed by atoms with Crippen LogP contribution in [0.3, 0.4) is 0 Å². The Bertz CT molecular complexity index is 1310. The Hall–Kier alpha value is -3.63. The lowest BCUT2D eigenvalue weighted by Gasteiger charge is -2.21. The van der Waals surface area contributed by atoms with Crippen molar-refractivity contribution in [2.75, 3.05) is 25.5 Å². The van der Waals surface area contributed by atoms with Crippen LogP contribution in [0.25, 0.3) is 0 Å². The third kappa shape index (κ3) is 5.77. The Labute approximate surface area is 210 Å². The largest absolute Gasteiger partial charge is 0.496 e. The maximum atomic E-state index is 13.3. The average molecular weight is 512 g/mol. The van der Waals surface area contributed by atoms with Crippen molar-refractivity contribution in [1.29, 1.82) is 0 Å². The average Bonchev–Trinajstić information content (AvgIpc) is 3.26. The summed E-state index contributed by atoms with van der Waals surface area (Å²) in [5, 5.41) is 5.49. The highest BCUT2D eigenvalue weighted by atomic mass is 32.2. The Balaban J connectivity index is 1.57. The van der Waals surface area contributed by atoms with Gasteiger partial charge in [-0.15, -0.1) is 0 Å². The van der Waals surface area contributed by atoms with Gasteiger partial charge in [-0.2, -0.15) is 4.31 Å². The summed E-state index contributed by atoms with van der Waals surface area (Å²) in [4.78, 5) is 26.1. The standard InChI is InChI=1S/C26H29N3O6S/c1-34-24-13-12-20(36(32,33)29-14-6-2-3-7-15-29)17-22(24)26(31)28-23-11-5-4-10-21(23)25(30)27-18-19-9-8-16-35-19/h4-5,8-13,16-17H,2-3,6-7,14-15,18H2,1H3,(H,27,30)(H,28,31). The number of carbonyl (C=O) groups excluding carboxylic acids is 2. The summed E-state index contributed by atoms with van der Waals surface area (Å²) in [5.41, 5.74) is 0.589. The molecule has 0 saturated carbocycles. The molecule has 0 radical (unpaired) electrons. The van der Waals surface area contributed by atoms with Gasteiger partial charge in [-0.3, -0.25) is 9.59 Å². The molecule has 4 rings (SSSR count). The number of methoxy groups -OCH3 is 1. The number of nitrogens with zero attached hydrogens (tertiary/aromatic N) is 1. The second-order valence-corrected chi connectivity index (χ2v) is 10.4. The molecular formula is C26H29N3O6S. The van der Waals surface area contributed by atoms with E-state index < -0.39 is 21.8 Å². The zero-order chi connectivity index (χ0) is 25.5. The SMILES string of the molecule is COc1ccc(S(=O)(=O)N2CCCCCC2)cc1C(=O)Nc1ccccc1C(=O)NCc1ccco1. The van der Waals surface area contributed by atoms with Crippen LogP contribution in [0.4, 0.5) is 5.69 Å². The molecule has 0 unspecified atom stereocenters. The van der Waals surface area contributed by atoms with Gasteiger partial charge in [0.2, 0.25) is 10.0 Å². The van der Waals surface area contributed by atoms with Crippen molar-refractivity contribution >= 4 is 27.5 Å². The van der Waals surface area contributed by atoms with E-state index in [-0.39, 0.29) is 34.0 Å². The molecule has 1 aliphatic heterocycles. The molecular weight excluding hydrogens is 482 g/mol. The summed E-state index contributed by atoms with van der Waals surface area (Å²) < 4.78 is 38.6. The van der Waals surface area contributed by atoms with Crippen LogP contribution < -0.4 is 15.4 Å². The van der Waals surface area contributed by atoms with Crippen molar-refractivity contribution in [3.8, 4) is 5.75 Å². The van der Waals surface area contributed by atoms with Gasteiger partial charge in [0.15, 0.2) is 0 Å². The summed E-state index contributed by atoms with van der Waals surface area (Å²) in [6.07, 6.45) is 5.13. The highest BCUT2D eigenvalue weighted by Gasteiger charge is 2.27. The van der Waals surface area contributed by atoms with E-state index in [1.807, 2.05) is 0 Å². The van der Waals surface area contributed by atoms with Gasteiger partial charge in [0.1, 0.15) is 11.5 Å². The van der Waals surface area contributed by atoms with Crippen molar-refractivity contribution in [2.45, 2.75) is 37.1 Å². The van der Waals surface area contributed by atoms with Crippen LogP contribution in [0.1, 0.15) is 52.2 Å². The molecule has 2 aromatic carbocycles. The van der Waals surface area contributed by atoms with Gasteiger partial charge in [0.25, 0.3) is 11.8 Å². The fourth-order valence-corrected chi connectivity index (χ4v) is 5.66. The van der Waals surface area contributed by atoms with Crippen molar-refractivity contribution in [1.82, 2.24) is 9.62 Å². The lowest BCUT2D eigenvalue weighted by atomic mass is 10.1. The molecule has 0 spiro atoms. The van der Waals surface area contributed by atoms with Gasteiger partial charge in [-0.05, 0) is 55.3 Å². The number of hydrogen-bond acceptors (Lipinski definition) is 6. The summed E-state index contributed by atoms with van der Waals surface area (Å²) in [6, 6.07) is 14.3. The first kappa shape index (κ1) is 25.5. The van der Waals surface area contributed by atoms with Gasteiger partial charge >= 0.3 is 0 Å². The zero-order valence-electron chi connectivity index (χ0n) is 20.0. The van der Waals surface area contributed by atoms with E-state index in [0.717, 1.165) is 25.7 Å². The summed E-state index contributed by atoms with van der Waals surface area (Å²) in [7, 11) is -2.36. The number of hydrogen-bond donors (Lipinski definition) is 2. The van der Waals surface area contributed by atoms with Gasteiger partial charge in [-0.1, -0.05) is 25.0 Å². The van der Waals surface area contributed by atoms with Gasteiger partial charge < -0.3 is 19.8 Å². The molecule has 0 bridgehead atoms. The number of anilines is 1. The number of rotatable bonds is 8. The van der Waals surface area contributed by atoms with E-state index in [1.54, 1.807) is 36.4 Å². The second kappa shape index (κ2) is 11.4. The van der Waals surface area contributed by atoms with Crippen LogP contribution in [0.5, 0.6) is 5.75 Å². The number of para-hydroxylation sites is 1. The smallest absolute Gasteiger partial charge is 0.259 e. The summed E-state index contributed by atoms with van der Waals surface area (Å²) >= 11 is 0. The lowest BCUT2D eigenvalue weighted by molar-refractivity contribution is 0.0949. The van der Waals surface area contributed by atoms with Gasteiger partial charge in [0.05, 0.1) is 41.6 Å². The number of amides is 2. The van der Waals surface area contributed by atoms with Crippen molar-refractivity contribution in [2.24, 2.45) is 0 Å². The van der Waals surface area contributed by atoms with E-state index in [4.69, 9.17) is 9.15 Å². The maximum absolute atomic E-state index is 13.3. The molecule has 36 heavy (non-hydrogen) atoms. The highest BCUT2D eigenvalue weighted by molar-refractivity contribution is 7.89. The number of furan rings is 1. The molecule has 2 N–H and O–H groups in total. The Kier molecular flexibility index (Phi) is 8.07. The molecule has 1 fully saturated rings. The molecule has 10 heteroatoms. The molecule has 0 aliphatic carbocycles. The number of nitrogens with one attached hydrogen (secondary N) is 2. The first-order chi connectivity index (χ1) is 17.4. The molecule has 1 saturated heterocycles. The minimum atomic E-state index is -3.76. The molecule has 1 aromatic heterocycles. The monoisotopic (exact) mass is 511 g/mol. The predicted molar refractivity (Wildman–Crippen MR) is 134 cm³/mol. The first-order valence-electron chi connectivity index (χ1n) is 11.8. The molecule has 190 valence electrons. The van der Waals surface area contributed by atoms with Crippen molar-refractivity contribution < 1.29 is 27.2 Å². The van der Waals surface area contributed by atoms with E-state index >= 15 is 0 Å². The highest BCUT2D eigenvalue weighted by Crippen LogP contribution is 2.27. The first-order valence-corrected chi connectivity index (χ1v) is 13.2. The molecule has 2 amide bonds. The summed E-state index contributed by atoms with van der Waals surface area (Å²) in [6.45, 7) is 1.10. The fraction of sp³-hybridized carbons (Fsp3) is 0.308. The summed E-state index contributed by atoms with van der Waals surface area (Å²) in [5.74, 6) is -0.170. The number of ether oxygens (including phenoxy) is 1. The lowest BCUT2D eigenvalue weighted by Crippen LogP contribution is -2.32. The molecule has 1 aliphatic rings.